The lowest BCUT2D eigenvalue weighted by atomic mass is 9.96. The molecule has 0 saturated carbocycles. The van der Waals surface area contributed by atoms with Crippen LogP contribution in [0.15, 0.2) is 77.3 Å². The van der Waals surface area contributed by atoms with Crippen molar-refractivity contribution in [2.75, 3.05) is 19.0 Å². The second-order valence-corrected chi connectivity index (χ2v) is 8.26. The highest BCUT2D eigenvalue weighted by atomic mass is 79.9. The highest BCUT2D eigenvalue weighted by Gasteiger charge is 2.16. The van der Waals surface area contributed by atoms with Crippen LogP contribution in [0.1, 0.15) is 0 Å². The Labute approximate surface area is 177 Å². The van der Waals surface area contributed by atoms with Crippen molar-refractivity contribution in [2.45, 2.75) is 0 Å². The molecule has 0 radical (unpaired) electrons. The number of halogens is 1. The van der Waals surface area contributed by atoms with Crippen molar-refractivity contribution in [3.05, 3.63) is 77.3 Å². The molecule has 142 valence electrons. The normalized spacial score (nSPS) is 11.4. The van der Waals surface area contributed by atoms with E-state index in [0.717, 1.165) is 53.9 Å². The van der Waals surface area contributed by atoms with Crippen molar-refractivity contribution in [3.8, 4) is 17.0 Å². The molecule has 0 aliphatic rings. The van der Waals surface area contributed by atoms with Crippen LogP contribution in [0, 0.1) is 0 Å². The van der Waals surface area contributed by atoms with Crippen molar-refractivity contribution in [1.82, 2.24) is 4.98 Å². The second-order valence-electron chi connectivity index (χ2n) is 7.40. The van der Waals surface area contributed by atoms with Crippen molar-refractivity contribution in [1.29, 1.82) is 0 Å². The second kappa shape index (κ2) is 6.75. The van der Waals surface area contributed by atoms with Gasteiger partial charge in [0.1, 0.15) is 5.75 Å². The molecule has 0 amide bonds. The molecule has 0 unspecified atom stereocenters. The molecule has 0 fully saturated rings. The summed E-state index contributed by atoms with van der Waals surface area (Å²) in [6.07, 6.45) is 0. The average Bonchev–Trinajstić information content (AvgIpc) is 2.72. The van der Waals surface area contributed by atoms with Gasteiger partial charge in [-0.15, -0.1) is 0 Å². The number of phenolic OH excluding ortho intramolecular Hbond substituents is 1. The van der Waals surface area contributed by atoms with Gasteiger partial charge in [0, 0.05) is 29.5 Å². The van der Waals surface area contributed by atoms with Gasteiger partial charge in [-0.3, -0.25) is 0 Å². The summed E-state index contributed by atoms with van der Waals surface area (Å²) in [5.41, 5.74) is 3.76. The Kier molecular flexibility index (Phi) is 4.18. The van der Waals surface area contributed by atoms with Crippen LogP contribution in [0.4, 0.5) is 5.69 Å². The molecule has 0 aliphatic carbocycles. The third-order valence-corrected chi connectivity index (χ3v) is 6.03. The van der Waals surface area contributed by atoms with Crippen LogP contribution in [-0.2, 0) is 0 Å². The third kappa shape index (κ3) is 2.83. The molecule has 29 heavy (non-hydrogen) atoms. The van der Waals surface area contributed by atoms with Gasteiger partial charge in [0.25, 0.3) is 0 Å². The topological polar surface area (TPSA) is 36.4 Å². The van der Waals surface area contributed by atoms with Gasteiger partial charge in [-0.25, -0.2) is 4.98 Å². The number of benzene rings is 4. The summed E-state index contributed by atoms with van der Waals surface area (Å²) in [6, 6.07) is 24.4. The van der Waals surface area contributed by atoms with E-state index in [9.17, 15) is 5.11 Å². The molecular formula is C25H19BrN2O. The maximum atomic E-state index is 10.8. The maximum absolute atomic E-state index is 10.8. The summed E-state index contributed by atoms with van der Waals surface area (Å²) < 4.78 is 0.990. The lowest BCUT2D eigenvalue weighted by Crippen LogP contribution is -2.09. The first kappa shape index (κ1) is 18.0. The van der Waals surface area contributed by atoms with Gasteiger partial charge in [-0.1, -0.05) is 48.5 Å². The van der Waals surface area contributed by atoms with E-state index in [0.29, 0.717) is 0 Å². The number of fused-ring (bicyclic) bond motifs is 5. The van der Waals surface area contributed by atoms with E-state index in [2.05, 4.69) is 69.4 Å². The number of hydrogen-bond acceptors (Lipinski definition) is 3. The fraction of sp³-hybridized carbons (Fsp3) is 0.0800. The van der Waals surface area contributed by atoms with Gasteiger partial charge in [-0.2, -0.15) is 0 Å². The number of phenols is 1. The zero-order valence-electron chi connectivity index (χ0n) is 16.1. The molecule has 0 atom stereocenters. The number of rotatable bonds is 2. The van der Waals surface area contributed by atoms with Gasteiger partial charge in [0.05, 0.1) is 22.3 Å². The number of anilines is 1. The van der Waals surface area contributed by atoms with Crippen molar-refractivity contribution in [2.24, 2.45) is 0 Å². The largest absolute Gasteiger partial charge is 0.507 e. The monoisotopic (exact) mass is 442 g/mol. The summed E-state index contributed by atoms with van der Waals surface area (Å²) >= 11 is 3.68. The van der Waals surface area contributed by atoms with E-state index in [1.165, 1.54) is 0 Å². The Morgan fingerprint density at radius 1 is 0.828 bits per heavy atom. The molecule has 4 heteroatoms. The van der Waals surface area contributed by atoms with Gasteiger partial charge in [0.2, 0.25) is 0 Å². The molecular weight excluding hydrogens is 424 g/mol. The molecule has 0 saturated heterocycles. The Hall–Kier alpha value is -3.11. The van der Waals surface area contributed by atoms with Crippen molar-refractivity contribution >= 4 is 54.1 Å². The van der Waals surface area contributed by atoms with E-state index >= 15 is 0 Å². The number of aromatic hydroxyl groups is 1. The lowest BCUT2D eigenvalue weighted by Gasteiger charge is -2.17. The SMILES string of the molecule is CN(C)c1ccc(-c2nc3ccc4ccccc4c3c3cccc(O)c23)cc1Br. The molecule has 1 aromatic heterocycles. The van der Waals surface area contributed by atoms with Crippen LogP contribution >= 0.6 is 15.9 Å². The zero-order valence-corrected chi connectivity index (χ0v) is 17.7. The van der Waals surface area contributed by atoms with E-state index in [1.54, 1.807) is 6.07 Å². The molecule has 0 bridgehead atoms. The molecule has 5 aromatic rings. The molecule has 5 rings (SSSR count). The summed E-state index contributed by atoms with van der Waals surface area (Å²) in [4.78, 5) is 7.06. The smallest absolute Gasteiger partial charge is 0.125 e. The van der Waals surface area contributed by atoms with Crippen LogP contribution < -0.4 is 4.90 Å². The summed E-state index contributed by atoms with van der Waals surface area (Å²) in [5.74, 6) is 0.243. The maximum Gasteiger partial charge on any atom is 0.125 e. The van der Waals surface area contributed by atoms with Crippen LogP contribution in [0.5, 0.6) is 5.75 Å². The van der Waals surface area contributed by atoms with Gasteiger partial charge < -0.3 is 10.0 Å². The third-order valence-electron chi connectivity index (χ3n) is 5.39. The first-order chi connectivity index (χ1) is 14.0. The van der Waals surface area contributed by atoms with E-state index in [4.69, 9.17) is 4.98 Å². The van der Waals surface area contributed by atoms with E-state index in [-0.39, 0.29) is 5.75 Å². The Bertz CT molecular complexity index is 1410. The molecule has 0 spiro atoms. The molecule has 1 N–H and O–H groups in total. The average molecular weight is 443 g/mol. The lowest BCUT2D eigenvalue weighted by molar-refractivity contribution is 0.481. The summed E-state index contributed by atoms with van der Waals surface area (Å²) in [5, 5.41) is 16.0. The molecule has 0 aliphatic heterocycles. The minimum atomic E-state index is 0.243. The Morgan fingerprint density at radius 2 is 1.62 bits per heavy atom. The molecule has 4 aromatic carbocycles. The minimum Gasteiger partial charge on any atom is -0.507 e. The number of hydrogen-bond donors (Lipinski definition) is 1. The first-order valence-corrected chi connectivity index (χ1v) is 10.2. The van der Waals surface area contributed by atoms with Gasteiger partial charge in [-0.05, 0) is 56.4 Å². The van der Waals surface area contributed by atoms with E-state index in [1.807, 2.05) is 32.3 Å². The zero-order chi connectivity index (χ0) is 20.1. The van der Waals surface area contributed by atoms with Crippen LogP contribution in [0.25, 0.3) is 43.7 Å². The van der Waals surface area contributed by atoms with Crippen LogP contribution in [0.3, 0.4) is 0 Å². The minimum absolute atomic E-state index is 0.243. The summed E-state index contributed by atoms with van der Waals surface area (Å²) in [7, 11) is 4.03. The highest BCUT2D eigenvalue weighted by Crippen LogP contribution is 2.41. The van der Waals surface area contributed by atoms with Crippen molar-refractivity contribution in [3.63, 3.8) is 0 Å². The van der Waals surface area contributed by atoms with Crippen molar-refractivity contribution < 1.29 is 5.11 Å². The fourth-order valence-electron chi connectivity index (χ4n) is 4.04. The van der Waals surface area contributed by atoms with E-state index < -0.39 is 0 Å². The molecule has 1 heterocycles. The molecule has 3 nitrogen and oxygen atoms in total. The highest BCUT2D eigenvalue weighted by molar-refractivity contribution is 9.10. The fourth-order valence-corrected chi connectivity index (χ4v) is 4.77. The van der Waals surface area contributed by atoms with Gasteiger partial charge >= 0.3 is 0 Å². The predicted molar refractivity (Wildman–Crippen MR) is 126 cm³/mol. The Balaban J connectivity index is 1.92. The van der Waals surface area contributed by atoms with Gasteiger partial charge in [0.15, 0.2) is 0 Å². The number of pyridine rings is 1. The predicted octanol–water partition coefficient (Wildman–Crippen LogP) is 6.74. The quantitative estimate of drug-likeness (QED) is 0.307. The first-order valence-electron chi connectivity index (χ1n) is 9.45. The number of aromatic nitrogens is 1. The van der Waals surface area contributed by atoms with Crippen LogP contribution in [-0.4, -0.2) is 24.2 Å². The number of nitrogens with zero attached hydrogens (tertiary/aromatic N) is 2. The summed E-state index contributed by atoms with van der Waals surface area (Å²) in [6.45, 7) is 0. The van der Waals surface area contributed by atoms with Crippen LogP contribution in [0.2, 0.25) is 0 Å². The Morgan fingerprint density at radius 3 is 2.41 bits per heavy atom. The standard InChI is InChI=1S/C25H19BrN2O/c1-28(2)21-13-11-16(14-19(21)26)25-24-18(8-5-9-22(24)29)23-17-7-4-3-6-15(17)10-12-20(23)27-25/h3-14,29H,1-2H3.